The Kier molecular flexibility index (Phi) is 4.96. The van der Waals surface area contributed by atoms with E-state index in [-0.39, 0.29) is 0 Å². The molecule has 112 valence electrons. The maximum Gasteiger partial charge on any atom is 0.0945 e. The Balaban J connectivity index is 1.72. The number of nitrogens with zero attached hydrogens (tertiary/aromatic N) is 2. The standard InChI is InChI=1S/C17H22N2S2/c1-2-16-13-20-17(21-16,8-10-19-11-9-18-14-19)12-15-6-4-3-5-7-15/h3-7,9,11,14,16H,2,8,10,12-13H2,1H3. The summed E-state index contributed by atoms with van der Waals surface area (Å²) in [6.07, 6.45) is 9.50. The second-order valence-corrected chi connectivity index (χ2v) is 8.93. The van der Waals surface area contributed by atoms with Crippen molar-refractivity contribution in [1.29, 1.82) is 0 Å². The summed E-state index contributed by atoms with van der Waals surface area (Å²) >= 11 is 4.37. The molecule has 0 saturated carbocycles. The van der Waals surface area contributed by atoms with Crippen LogP contribution in [0.5, 0.6) is 0 Å². The minimum atomic E-state index is 0.326. The van der Waals surface area contributed by atoms with E-state index >= 15 is 0 Å². The van der Waals surface area contributed by atoms with E-state index in [2.05, 4.69) is 76.5 Å². The van der Waals surface area contributed by atoms with E-state index in [0.29, 0.717) is 4.08 Å². The summed E-state index contributed by atoms with van der Waals surface area (Å²) in [6.45, 7) is 3.37. The first kappa shape index (κ1) is 15.0. The number of benzene rings is 1. The lowest BCUT2D eigenvalue weighted by Gasteiger charge is -2.28. The molecule has 1 aromatic heterocycles. The molecule has 0 bridgehead atoms. The van der Waals surface area contributed by atoms with Crippen LogP contribution in [-0.2, 0) is 13.0 Å². The minimum absolute atomic E-state index is 0.326. The molecule has 0 aliphatic carbocycles. The van der Waals surface area contributed by atoms with Crippen molar-refractivity contribution >= 4 is 23.5 Å². The largest absolute Gasteiger partial charge is 0.337 e. The molecule has 0 spiro atoms. The lowest BCUT2D eigenvalue weighted by Crippen LogP contribution is -2.23. The predicted molar refractivity (Wildman–Crippen MR) is 93.8 cm³/mol. The van der Waals surface area contributed by atoms with Gasteiger partial charge in [0.1, 0.15) is 0 Å². The highest BCUT2D eigenvalue weighted by Crippen LogP contribution is 2.53. The third-order valence-electron chi connectivity index (χ3n) is 4.00. The van der Waals surface area contributed by atoms with E-state index in [4.69, 9.17) is 0 Å². The zero-order valence-corrected chi connectivity index (χ0v) is 14.1. The van der Waals surface area contributed by atoms with Crippen LogP contribution in [0.4, 0.5) is 0 Å². The van der Waals surface area contributed by atoms with Gasteiger partial charge in [-0.05, 0) is 24.8 Å². The van der Waals surface area contributed by atoms with Crippen LogP contribution in [-0.4, -0.2) is 24.6 Å². The summed E-state index contributed by atoms with van der Waals surface area (Å²) in [4.78, 5) is 4.15. The third kappa shape index (κ3) is 3.86. The van der Waals surface area contributed by atoms with Crippen LogP contribution >= 0.6 is 23.5 Å². The van der Waals surface area contributed by atoms with Gasteiger partial charge in [-0.15, -0.1) is 23.5 Å². The minimum Gasteiger partial charge on any atom is -0.337 e. The van der Waals surface area contributed by atoms with E-state index in [0.717, 1.165) is 18.2 Å². The zero-order valence-electron chi connectivity index (χ0n) is 12.4. The average Bonchev–Trinajstić information content (AvgIpc) is 3.16. The van der Waals surface area contributed by atoms with Gasteiger partial charge >= 0.3 is 0 Å². The highest BCUT2D eigenvalue weighted by Gasteiger charge is 2.39. The van der Waals surface area contributed by atoms with Gasteiger partial charge in [-0.3, -0.25) is 0 Å². The molecule has 3 rings (SSSR count). The highest BCUT2D eigenvalue weighted by atomic mass is 32.2. The Morgan fingerprint density at radius 1 is 1.33 bits per heavy atom. The van der Waals surface area contributed by atoms with E-state index in [1.54, 1.807) is 0 Å². The normalized spacial score (nSPS) is 25.3. The Morgan fingerprint density at radius 3 is 2.86 bits per heavy atom. The monoisotopic (exact) mass is 318 g/mol. The van der Waals surface area contributed by atoms with Gasteiger partial charge in [0.25, 0.3) is 0 Å². The molecule has 0 amide bonds. The summed E-state index contributed by atoms with van der Waals surface area (Å²) < 4.78 is 2.53. The van der Waals surface area contributed by atoms with Gasteiger partial charge in [0.2, 0.25) is 0 Å². The van der Waals surface area contributed by atoms with E-state index in [1.165, 1.54) is 24.2 Å². The SMILES string of the molecule is CCC1CSC(CCn2ccnc2)(Cc2ccccc2)S1. The van der Waals surface area contributed by atoms with E-state index in [9.17, 15) is 0 Å². The molecule has 1 aliphatic heterocycles. The number of hydrogen-bond donors (Lipinski definition) is 0. The van der Waals surface area contributed by atoms with E-state index in [1.807, 2.05) is 12.5 Å². The molecule has 1 aliphatic rings. The fourth-order valence-corrected chi connectivity index (χ4v) is 6.58. The smallest absolute Gasteiger partial charge is 0.0945 e. The number of rotatable bonds is 6. The molecule has 2 aromatic rings. The van der Waals surface area contributed by atoms with Gasteiger partial charge in [-0.1, -0.05) is 37.3 Å². The molecule has 2 unspecified atom stereocenters. The Labute approximate surface area is 135 Å². The molecule has 1 fully saturated rings. The van der Waals surface area contributed by atoms with Gasteiger partial charge < -0.3 is 4.57 Å². The fraction of sp³-hybridized carbons (Fsp3) is 0.471. The number of aromatic nitrogens is 2. The molecule has 0 radical (unpaired) electrons. The summed E-state index contributed by atoms with van der Waals surface area (Å²) in [7, 11) is 0. The van der Waals surface area contributed by atoms with Crippen molar-refractivity contribution in [2.45, 2.75) is 42.1 Å². The van der Waals surface area contributed by atoms with Crippen molar-refractivity contribution in [3.8, 4) is 0 Å². The van der Waals surface area contributed by atoms with Crippen molar-refractivity contribution in [3.05, 3.63) is 54.6 Å². The van der Waals surface area contributed by atoms with Gasteiger partial charge in [0.15, 0.2) is 0 Å². The first-order valence-corrected chi connectivity index (χ1v) is 9.48. The number of hydrogen-bond acceptors (Lipinski definition) is 3. The van der Waals surface area contributed by atoms with Gasteiger partial charge in [-0.2, -0.15) is 0 Å². The van der Waals surface area contributed by atoms with Crippen LogP contribution < -0.4 is 0 Å². The van der Waals surface area contributed by atoms with E-state index < -0.39 is 0 Å². The van der Waals surface area contributed by atoms with Crippen LogP contribution in [0.3, 0.4) is 0 Å². The lowest BCUT2D eigenvalue weighted by molar-refractivity contribution is 0.597. The molecule has 1 aromatic carbocycles. The Bertz CT molecular complexity index is 541. The fourth-order valence-electron chi connectivity index (χ4n) is 2.76. The summed E-state index contributed by atoms with van der Waals surface area (Å²) in [5.41, 5.74) is 1.46. The molecule has 2 nitrogen and oxygen atoms in total. The van der Waals surface area contributed by atoms with Crippen LogP contribution in [0.15, 0.2) is 49.1 Å². The van der Waals surface area contributed by atoms with Gasteiger partial charge in [-0.25, -0.2) is 4.98 Å². The van der Waals surface area contributed by atoms with Gasteiger partial charge in [0.05, 0.1) is 10.4 Å². The molecule has 1 saturated heterocycles. The first-order chi connectivity index (χ1) is 10.3. The summed E-state index contributed by atoms with van der Waals surface area (Å²) in [5.74, 6) is 1.29. The van der Waals surface area contributed by atoms with Crippen LogP contribution in [0.25, 0.3) is 0 Å². The molecule has 4 heteroatoms. The number of imidazole rings is 1. The second kappa shape index (κ2) is 6.93. The molecule has 2 heterocycles. The summed E-state index contributed by atoms with van der Waals surface area (Å²) in [6, 6.07) is 10.9. The van der Waals surface area contributed by atoms with Crippen molar-refractivity contribution in [2.75, 3.05) is 5.75 Å². The van der Waals surface area contributed by atoms with Crippen molar-refractivity contribution in [1.82, 2.24) is 9.55 Å². The van der Waals surface area contributed by atoms with Crippen LogP contribution in [0.1, 0.15) is 25.3 Å². The van der Waals surface area contributed by atoms with Crippen molar-refractivity contribution < 1.29 is 0 Å². The Hall–Kier alpha value is -0.870. The average molecular weight is 319 g/mol. The molecule has 2 atom stereocenters. The maximum absolute atomic E-state index is 4.15. The Morgan fingerprint density at radius 2 is 2.19 bits per heavy atom. The second-order valence-electron chi connectivity index (χ2n) is 5.58. The predicted octanol–water partition coefficient (Wildman–Crippen LogP) is 4.47. The van der Waals surface area contributed by atoms with Gasteiger partial charge in [0, 0.05) is 29.9 Å². The molecule has 21 heavy (non-hydrogen) atoms. The van der Waals surface area contributed by atoms with Crippen LogP contribution in [0.2, 0.25) is 0 Å². The highest BCUT2D eigenvalue weighted by molar-refractivity contribution is 8.21. The lowest BCUT2D eigenvalue weighted by atomic mass is 10.1. The first-order valence-electron chi connectivity index (χ1n) is 7.61. The maximum atomic E-state index is 4.15. The third-order valence-corrected chi connectivity index (χ3v) is 7.90. The number of aryl methyl sites for hydroxylation is 1. The zero-order chi connectivity index (χ0) is 14.5. The molecule has 0 N–H and O–H groups in total. The molecular formula is C17H22N2S2. The topological polar surface area (TPSA) is 17.8 Å². The summed E-state index contributed by atoms with van der Waals surface area (Å²) in [5, 5.41) is 0.807. The molecular weight excluding hydrogens is 296 g/mol. The van der Waals surface area contributed by atoms with Crippen molar-refractivity contribution in [2.24, 2.45) is 0 Å². The number of thioether (sulfide) groups is 2. The quantitative estimate of drug-likeness (QED) is 0.782. The van der Waals surface area contributed by atoms with Crippen molar-refractivity contribution in [3.63, 3.8) is 0 Å². The van der Waals surface area contributed by atoms with Crippen LogP contribution in [0, 0.1) is 0 Å².